The lowest BCUT2D eigenvalue weighted by molar-refractivity contribution is -0.155. The summed E-state index contributed by atoms with van der Waals surface area (Å²) in [6, 6.07) is 12.6. The lowest BCUT2D eigenvalue weighted by atomic mass is 9.86. The van der Waals surface area contributed by atoms with Crippen molar-refractivity contribution >= 4 is 5.97 Å². The summed E-state index contributed by atoms with van der Waals surface area (Å²) < 4.78 is 25.7. The summed E-state index contributed by atoms with van der Waals surface area (Å²) in [5.41, 5.74) is 2.03. The number of benzene rings is 2. The van der Waals surface area contributed by atoms with Crippen LogP contribution in [0, 0.1) is 11.2 Å². The summed E-state index contributed by atoms with van der Waals surface area (Å²) in [6.07, 6.45) is 0.804. The molecule has 2 rings (SSSR count). The van der Waals surface area contributed by atoms with E-state index in [9.17, 15) is 9.18 Å². The number of ether oxygens (including phenoxy) is 2. The third-order valence-corrected chi connectivity index (χ3v) is 4.52. The van der Waals surface area contributed by atoms with Gasteiger partial charge in [0.1, 0.15) is 23.8 Å². The van der Waals surface area contributed by atoms with Gasteiger partial charge in [0.2, 0.25) is 0 Å². The van der Waals surface area contributed by atoms with Crippen LogP contribution in [0.1, 0.15) is 47.1 Å². The smallest absolute Gasteiger partial charge is 0.320 e. The van der Waals surface area contributed by atoms with E-state index in [4.69, 9.17) is 9.47 Å². The summed E-state index contributed by atoms with van der Waals surface area (Å²) in [5, 5.41) is 0. The van der Waals surface area contributed by atoms with Gasteiger partial charge in [-0.05, 0) is 69.0 Å². The Hall–Kier alpha value is -2.40. The Bertz CT molecular complexity index is 881. The number of nitrogens with zero attached hydrogens (tertiary/aromatic N) is 1. The molecule has 0 heterocycles. The number of carbonyl (C=O) groups is 1. The predicted octanol–water partition coefficient (Wildman–Crippen LogP) is 5.73. The molecule has 2 aromatic rings. The van der Waals surface area contributed by atoms with E-state index in [0.29, 0.717) is 18.7 Å². The van der Waals surface area contributed by atoms with E-state index in [1.807, 2.05) is 57.0 Å². The minimum absolute atomic E-state index is 0.0550. The van der Waals surface area contributed by atoms with Crippen molar-refractivity contribution in [1.29, 1.82) is 0 Å². The molecule has 0 N–H and O–H groups in total. The molecule has 170 valence electrons. The second-order valence-corrected chi connectivity index (χ2v) is 10.2. The summed E-state index contributed by atoms with van der Waals surface area (Å²) in [5.74, 6) is 0.306. The Kier molecular flexibility index (Phi) is 8.24. The fourth-order valence-electron chi connectivity index (χ4n) is 3.28. The Morgan fingerprint density at radius 3 is 2.32 bits per heavy atom. The largest absolute Gasteiger partial charge is 0.492 e. The van der Waals surface area contributed by atoms with Crippen LogP contribution in [0.3, 0.4) is 0 Å². The Labute approximate surface area is 186 Å². The molecule has 31 heavy (non-hydrogen) atoms. The van der Waals surface area contributed by atoms with Crippen LogP contribution in [-0.4, -0.2) is 43.2 Å². The molecular weight excluding hydrogens is 393 g/mol. The average Bonchev–Trinajstić information content (AvgIpc) is 2.60. The maximum atomic E-state index is 14.3. The molecule has 2 aromatic carbocycles. The Balaban J connectivity index is 2.08. The summed E-state index contributed by atoms with van der Waals surface area (Å²) in [6.45, 7) is 13.3. The van der Waals surface area contributed by atoms with Crippen LogP contribution in [0.4, 0.5) is 4.39 Å². The molecule has 0 spiro atoms. The van der Waals surface area contributed by atoms with Crippen molar-refractivity contribution < 1.29 is 18.7 Å². The summed E-state index contributed by atoms with van der Waals surface area (Å²) >= 11 is 0. The molecular formula is C26H36FNO3. The molecule has 0 fully saturated rings. The first-order valence-corrected chi connectivity index (χ1v) is 10.7. The molecule has 0 atom stereocenters. The highest BCUT2D eigenvalue weighted by Gasteiger charge is 2.19. The van der Waals surface area contributed by atoms with Gasteiger partial charge in [-0.3, -0.25) is 9.69 Å². The number of halogens is 1. The van der Waals surface area contributed by atoms with E-state index < -0.39 is 5.60 Å². The molecule has 5 heteroatoms. The van der Waals surface area contributed by atoms with Crippen LogP contribution in [-0.2, 0) is 16.0 Å². The Morgan fingerprint density at radius 2 is 1.71 bits per heavy atom. The van der Waals surface area contributed by atoms with Gasteiger partial charge in [0.25, 0.3) is 0 Å². The normalized spacial score (nSPS) is 12.2. The van der Waals surface area contributed by atoms with Gasteiger partial charge in [-0.1, -0.05) is 45.0 Å². The third-order valence-electron chi connectivity index (χ3n) is 4.52. The van der Waals surface area contributed by atoms with Gasteiger partial charge in [-0.15, -0.1) is 0 Å². The monoisotopic (exact) mass is 429 g/mol. The first-order valence-electron chi connectivity index (χ1n) is 10.7. The maximum absolute atomic E-state index is 14.3. The van der Waals surface area contributed by atoms with Gasteiger partial charge >= 0.3 is 5.97 Å². The van der Waals surface area contributed by atoms with Crippen LogP contribution in [0.5, 0.6) is 5.75 Å². The van der Waals surface area contributed by atoms with Gasteiger partial charge < -0.3 is 9.47 Å². The highest BCUT2D eigenvalue weighted by molar-refractivity contribution is 5.72. The molecule has 0 saturated carbocycles. The average molecular weight is 430 g/mol. The zero-order valence-corrected chi connectivity index (χ0v) is 19.9. The van der Waals surface area contributed by atoms with E-state index in [1.54, 1.807) is 12.1 Å². The van der Waals surface area contributed by atoms with Gasteiger partial charge in [-0.25, -0.2) is 4.39 Å². The van der Waals surface area contributed by atoms with Crippen molar-refractivity contribution in [2.24, 2.45) is 5.41 Å². The van der Waals surface area contributed by atoms with E-state index in [1.165, 1.54) is 6.07 Å². The standard InChI is InChI=1S/C26H36FNO3/c1-25(2,3)17-20-16-19(21-10-8-9-11-22(21)27)12-13-23(20)30-15-14-28(7)18-24(29)31-26(4,5)6/h8-13,16H,14-15,17-18H2,1-7H3. The molecule has 0 aliphatic rings. The van der Waals surface area contributed by atoms with Crippen LogP contribution >= 0.6 is 0 Å². The number of esters is 1. The molecule has 0 aromatic heterocycles. The van der Waals surface area contributed by atoms with E-state index in [0.717, 1.165) is 23.3 Å². The fraction of sp³-hybridized carbons (Fsp3) is 0.500. The molecule has 0 aliphatic heterocycles. The van der Waals surface area contributed by atoms with E-state index in [2.05, 4.69) is 20.8 Å². The number of hydrogen-bond acceptors (Lipinski definition) is 4. The van der Waals surface area contributed by atoms with Crippen molar-refractivity contribution in [3.05, 3.63) is 53.8 Å². The van der Waals surface area contributed by atoms with Gasteiger partial charge in [0, 0.05) is 12.1 Å². The SMILES string of the molecule is CN(CCOc1ccc(-c2ccccc2F)cc1CC(C)(C)C)CC(=O)OC(C)(C)C. The second-order valence-electron chi connectivity index (χ2n) is 10.2. The van der Waals surface area contributed by atoms with Crippen LogP contribution in [0.25, 0.3) is 11.1 Å². The zero-order chi connectivity index (χ0) is 23.2. The first kappa shape index (κ1) is 24.9. The molecule has 0 unspecified atom stereocenters. The summed E-state index contributed by atoms with van der Waals surface area (Å²) in [7, 11) is 1.87. The molecule has 0 aliphatic carbocycles. The van der Waals surface area contributed by atoms with Crippen molar-refractivity contribution in [3.63, 3.8) is 0 Å². The molecule has 4 nitrogen and oxygen atoms in total. The fourth-order valence-corrected chi connectivity index (χ4v) is 3.28. The molecule has 0 bridgehead atoms. The van der Waals surface area contributed by atoms with Crippen molar-refractivity contribution in [1.82, 2.24) is 4.90 Å². The van der Waals surface area contributed by atoms with E-state index in [-0.39, 0.29) is 23.7 Å². The van der Waals surface area contributed by atoms with Gasteiger partial charge in [0.15, 0.2) is 0 Å². The zero-order valence-electron chi connectivity index (χ0n) is 19.9. The highest BCUT2D eigenvalue weighted by Crippen LogP contribution is 2.32. The minimum atomic E-state index is -0.490. The second kappa shape index (κ2) is 10.3. The highest BCUT2D eigenvalue weighted by atomic mass is 19.1. The lowest BCUT2D eigenvalue weighted by Gasteiger charge is -2.23. The molecule has 0 radical (unpaired) electrons. The lowest BCUT2D eigenvalue weighted by Crippen LogP contribution is -2.34. The maximum Gasteiger partial charge on any atom is 0.320 e. The third kappa shape index (κ3) is 8.70. The Morgan fingerprint density at radius 1 is 1.03 bits per heavy atom. The number of carbonyl (C=O) groups excluding carboxylic acids is 1. The number of likely N-dealkylation sites (N-methyl/N-ethyl adjacent to an activating group) is 1. The van der Waals surface area contributed by atoms with Gasteiger partial charge in [-0.2, -0.15) is 0 Å². The molecule has 0 amide bonds. The van der Waals surface area contributed by atoms with Crippen LogP contribution < -0.4 is 4.74 Å². The number of hydrogen-bond donors (Lipinski definition) is 0. The van der Waals surface area contributed by atoms with E-state index >= 15 is 0 Å². The topological polar surface area (TPSA) is 38.8 Å². The summed E-state index contributed by atoms with van der Waals surface area (Å²) in [4.78, 5) is 13.9. The van der Waals surface area contributed by atoms with Crippen molar-refractivity contribution in [2.45, 2.75) is 53.6 Å². The van der Waals surface area contributed by atoms with Crippen molar-refractivity contribution in [2.75, 3.05) is 26.7 Å². The predicted molar refractivity (Wildman–Crippen MR) is 124 cm³/mol. The van der Waals surface area contributed by atoms with Crippen LogP contribution in [0.15, 0.2) is 42.5 Å². The number of rotatable bonds is 8. The van der Waals surface area contributed by atoms with Crippen molar-refractivity contribution in [3.8, 4) is 16.9 Å². The van der Waals surface area contributed by atoms with Crippen LogP contribution in [0.2, 0.25) is 0 Å². The first-order chi connectivity index (χ1) is 14.3. The minimum Gasteiger partial charge on any atom is -0.492 e. The van der Waals surface area contributed by atoms with Gasteiger partial charge in [0.05, 0.1) is 6.54 Å². The molecule has 0 saturated heterocycles. The quantitative estimate of drug-likeness (QED) is 0.502.